The van der Waals surface area contributed by atoms with Crippen LogP contribution in [0.25, 0.3) is 6.08 Å². The molecular weight excluding hydrogens is 456 g/mol. The van der Waals surface area contributed by atoms with Gasteiger partial charge in [-0.25, -0.2) is 4.79 Å². The van der Waals surface area contributed by atoms with Gasteiger partial charge < -0.3 is 39.7 Å². The second kappa shape index (κ2) is 11.5. The molecule has 0 spiro atoms. The van der Waals surface area contributed by atoms with Gasteiger partial charge in [0.05, 0.1) is 13.2 Å². The lowest BCUT2D eigenvalue weighted by molar-refractivity contribution is -0.302. The normalized spacial score (nSPS) is 25.3. The molecular formula is C23H25ClO9. The van der Waals surface area contributed by atoms with Gasteiger partial charge in [0.25, 0.3) is 0 Å². The molecule has 0 saturated carbocycles. The number of aromatic hydroxyl groups is 2. The van der Waals surface area contributed by atoms with Crippen LogP contribution >= 0.6 is 11.6 Å². The highest BCUT2D eigenvalue weighted by molar-refractivity contribution is 6.30. The summed E-state index contributed by atoms with van der Waals surface area (Å²) < 4.78 is 16.2. The van der Waals surface area contributed by atoms with Gasteiger partial charge in [0, 0.05) is 11.1 Å². The number of halogens is 1. The summed E-state index contributed by atoms with van der Waals surface area (Å²) in [6, 6.07) is 11.0. The van der Waals surface area contributed by atoms with Crippen molar-refractivity contribution in [3.63, 3.8) is 0 Å². The van der Waals surface area contributed by atoms with E-state index in [1.54, 1.807) is 30.3 Å². The molecule has 10 heteroatoms. The zero-order valence-corrected chi connectivity index (χ0v) is 18.2. The van der Waals surface area contributed by atoms with Gasteiger partial charge in [-0.05, 0) is 47.9 Å². The molecule has 1 aliphatic rings. The van der Waals surface area contributed by atoms with E-state index in [0.717, 1.165) is 6.08 Å². The van der Waals surface area contributed by atoms with Crippen LogP contribution in [0.4, 0.5) is 0 Å². The summed E-state index contributed by atoms with van der Waals surface area (Å²) in [5.41, 5.74) is 1.36. The number of phenols is 2. The standard InChI is InChI=1S/C23H25ClO9/c24-15-5-1-13(2-6-15)4-8-19(28)33-22-18(12-25)32-23(21(30)20(22)29)31-10-9-14-3-7-16(26)17(27)11-14/h1-8,11,18,20-23,25-27,29-30H,9-10,12H2/t18-,20-,21-,22-,23-/m1/s1. The summed E-state index contributed by atoms with van der Waals surface area (Å²) in [7, 11) is 0. The average molecular weight is 481 g/mol. The van der Waals surface area contributed by atoms with Crippen molar-refractivity contribution in [2.75, 3.05) is 13.2 Å². The Morgan fingerprint density at radius 1 is 1.06 bits per heavy atom. The van der Waals surface area contributed by atoms with Gasteiger partial charge >= 0.3 is 5.97 Å². The Morgan fingerprint density at radius 2 is 1.79 bits per heavy atom. The Hall–Kier alpha value is -2.66. The zero-order chi connectivity index (χ0) is 24.0. The van der Waals surface area contributed by atoms with Crippen LogP contribution in [0.2, 0.25) is 5.02 Å². The van der Waals surface area contributed by atoms with E-state index in [9.17, 15) is 30.3 Å². The van der Waals surface area contributed by atoms with Crippen LogP contribution in [0.15, 0.2) is 48.5 Å². The van der Waals surface area contributed by atoms with Gasteiger partial charge in [-0.1, -0.05) is 29.8 Å². The Kier molecular flexibility index (Phi) is 8.67. The quantitative estimate of drug-likeness (QED) is 0.215. The van der Waals surface area contributed by atoms with Gasteiger partial charge in [0.1, 0.15) is 18.3 Å². The molecule has 0 unspecified atom stereocenters. The molecule has 0 bridgehead atoms. The predicted molar refractivity (Wildman–Crippen MR) is 118 cm³/mol. The van der Waals surface area contributed by atoms with Crippen LogP contribution in [0.1, 0.15) is 11.1 Å². The number of carbonyl (C=O) groups is 1. The molecule has 33 heavy (non-hydrogen) atoms. The van der Waals surface area contributed by atoms with Gasteiger partial charge in [-0.3, -0.25) is 0 Å². The van der Waals surface area contributed by atoms with Crippen LogP contribution < -0.4 is 0 Å². The van der Waals surface area contributed by atoms with Gasteiger partial charge in [-0.15, -0.1) is 0 Å². The number of rotatable bonds is 8. The molecule has 1 aliphatic heterocycles. The summed E-state index contributed by atoms with van der Waals surface area (Å²) >= 11 is 5.82. The summed E-state index contributed by atoms with van der Waals surface area (Å²) in [4.78, 5) is 12.2. The molecule has 3 rings (SSSR count). The van der Waals surface area contributed by atoms with E-state index in [0.29, 0.717) is 22.6 Å². The van der Waals surface area contributed by atoms with E-state index in [2.05, 4.69) is 0 Å². The third-order valence-electron chi connectivity index (χ3n) is 5.07. The van der Waals surface area contributed by atoms with Crippen LogP contribution in [0, 0.1) is 0 Å². The SMILES string of the molecule is O=C(C=Cc1ccc(Cl)cc1)O[C@H]1[C@H](O)[C@@H](O)[C@H](OCCc2ccc(O)c(O)c2)O[C@@H]1CO. The highest BCUT2D eigenvalue weighted by Crippen LogP contribution is 2.27. The molecule has 1 heterocycles. The monoisotopic (exact) mass is 480 g/mol. The first-order valence-corrected chi connectivity index (χ1v) is 10.6. The fourth-order valence-corrected chi connectivity index (χ4v) is 3.39. The summed E-state index contributed by atoms with van der Waals surface area (Å²) in [6.07, 6.45) is -3.87. The zero-order valence-electron chi connectivity index (χ0n) is 17.5. The first-order chi connectivity index (χ1) is 15.8. The van der Waals surface area contributed by atoms with Crippen molar-refractivity contribution in [2.24, 2.45) is 0 Å². The van der Waals surface area contributed by atoms with Crippen molar-refractivity contribution in [1.29, 1.82) is 0 Å². The van der Waals surface area contributed by atoms with Crippen molar-refractivity contribution in [2.45, 2.75) is 37.1 Å². The number of aliphatic hydroxyl groups excluding tert-OH is 3. The third kappa shape index (κ3) is 6.67. The Bertz CT molecular complexity index is 961. The van der Waals surface area contributed by atoms with Gasteiger partial charge in [0.2, 0.25) is 0 Å². The van der Waals surface area contributed by atoms with E-state index in [1.165, 1.54) is 18.2 Å². The van der Waals surface area contributed by atoms with Crippen molar-refractivity contribution >= 4 is 23.6 Å². The number of ether oxygens (including phenoxy) is 3. The van der Waals surface area contributed by atoms with E-state index >= 15 is 0 Å². The van der Waals surface area contributed by atoms with E-state index in [4.69, 9.17) is 25.8 Å². The van der Waals surface area contributed by atoms with Crippen LogP contribution in [0.3, 0.4) is 0 Å². The van der Waals surface area contributed by atoms with Crippen LogP contribution in [-0.4, -0.2) is 75.4 Å². The molecule has 0 aliphatic carbocycles. The largest absolute Gasteiger partial charge is 0.504 e. The molecule has 5 N–H and O–H groups in total. The molecule has 178 valence electrons. The van der Waals surface area contributed by atoms with Gasteiger partial charge in [0.15, 0.2) is 23.9 Å². The summed E-state index contributed by atoms with van der Waals surface area (Å²) in [5.74, 6) is -1.31. The maximum absolute atomic E-state index is 12.2. The highest BCUT2D eigenvalue weighted by atomic mass is 35.5. The molecule has 5 atom stereocenters. The van der Waals surface area contributed by atoms with E-state index in [1.807, 2.05) is 0 Å². The topological polar surface area (TPSA) is 146 Å². The lowest BCUT2D eigenvalue weighted by Crippen LogP contribution is -2.60. The van der Waals surface area contributed by atoms with Crippen molar-refractivity contribution in [1.82, 2.24) is 0 Å². The first-order valence-electron chi connectivity index (χ1n) is 10.2. The van der Waals surface area contributed by atoms with Crippen LogP contribution in [0.5, 0.6) is 11.5 Å². The fourth-order valence-electron chi connectivity index (χ4n) is 3.26. The first kappa shape index (κ1) is 25.0. The van der Waals surface area contributed by atoms with Gasteiger partial charge in [-0.2, -0.15) is 0 Å². The molecule has 9 nitrogen and oxygen atoms in total. The smallest absolute Gasteiger partial charge is 0.331 e. The minimum atomic E-state index is -1.56. The summed E-state index contributed by atoms with van der Waals surface area (Å²) in [5, 5.41) is 49.9. The molecule has 2 aromatic rings. The fraction of sp³-hybridized carbons (Fsp3) is 0.348. The maximum Gasteiger partial charge on any atom is 0.331 e. The van der Waals surface area contributed by atoms with Crippen molar-refractivity contribution in [3.8, 4) is 11.5 Å². The van der Waals surface area contributed by atoms with Crippen molar-refractivity contribution < 1.29 is 44.5 Å². The second-order valence-corrected chi connectivity index (χ2v) is 7.87. The minimum Gasteiger partial charge on any atom is -0.504 e. The average Bonchev–Trinajstić information content (AvgIpc) is 2.80. The van der Waals surface area contributed by atoms with Crippen LogP contribution in [-0.2, 0) is 25.4 Å². The van der Waals surface area contributed by atoms with Crippen molar-refractivity contribution in [3.05, 3.63) is 64.7 Å². The Morgan fingerprint density at radius 3 is 2.45 bits per heavy atom. The number of carbonyl (C=O) groups excluding carboxylic acids is 1. The third-order valence-corrected chi connectivity index (χ3v) is 5.32. The number of benzene rings is 2. The van der Waals surface area contributed by atoms with E-state index in [-0.39, 0.29) is 18.1 Å². The molecule has 0 amide bonds. The minimum absolute atomic E-state index is 0.0467. The Balaban J connectivity index is 1.55. The predicted octanol–water partition coefficient (Wildman–Crippen LogP) is 1.37. The highest BCUT2D eigenvalue weighted by Gasteiger charge is 2.46. The second-order valence-electron chi connectivity index (χ2n) is 7.44. The number of aliphatic hydroxyl groups is 3. The lowest BCUT2D eigenvalue weighted by Gasteiger charge is -2.41. The molecule has 1 fully saturated rings. The molecule has 1 saturated heterocycles. The summed E-state index contributed by atoms with van der Waals surface area (Å²) in [6.45, 7) is -0.542. The Labute approximate surface area is 195 Å². The molecule has 0 aromatic heterocycles. The van der Waals surface area contributed by atoms with E-state index < -0.39 is 43.3 Å². The maximum atomic E-state index is 12.2. The molecule has 0 radical (unpaired) electrons. The number of esters is 1. The number of phenolic OH excluding ortho intramolecular Hbond substituents is 2. The lowest BCUT2D eigenvalue weighted by atomic mass is 9.99. The molecule has 2 aromatic carbocycles. The number of hydrogen-bond donors (Lipinski definition) is 5. The number of hydrogen-bond acceptors (Lipinski definition) is 9.